The molecule has 116 valence electrons. The van der Waals surface area contributed by atoms with Crippen LogP contribution in [0.25, 0.3) is 11.1 Å². The Kier molecular flexibility index (Phi) is 4.75. The van der Waals surface area contributed by atoms with Gasteiger partial charge in [-0.2, -0.15) is 0 Å². The Morgan fingerprint density at radius 2 is 1.83 bits per heavy atom. The van der Waals surface area contributed by atoms with Crippen LogP contribution in [0.15, 0.2) is 59.7 Å². The second kappa shape index (κ2) is 7.13. The molecule has 6 heteroatoms. The molecule has 0 spiro atoms. The standard InChI is InChI=1S/C17H16N4OS/c18-16(9-15-10-23-11-20-15)17(22)21-14-3-1-12(2-4-14)13-5-7-19-8-6-13/h1-8,10-11,16H,9,18H2,(H,21,22)/t16-/m1/s1. The molecule has 0 saturated carbocycles. The van der Waals surface area contributed by atoms with Crippen molar-refractivity contribution in [3.05, 3.63) is 65.4 Å². The van der Waals surface area contributed by atoms with Crippen molar-refractivity contribution < 1.29 is 4.79 Å². The lowest BCUT2D eigenvalue weighted by atomic mass is 10.1. The second-order valence-corrected chi connectivity index (χ2v) is 5.81. The zero-order chi connectivity index (χ0) is 16.1. The fourth-order valence-electron chi connectivity index (χ4n) is 2.18. The molecule has 2 heterocycles. The Labute approximate surface area is 138 Å². The Morgan fingerprint density at radius 3 is 2.48 bits per heavy atom. The SMILES string of the molecule is N[C@H](Cc1cscn1)C(=O)Nc1ccc(-c2ccncc2)cc1. The van der Waals surface area contributed by atoms with E-state index in [1.54, 1.807) is 17.9 Å². The minimum absolute atomic E-state index is 0.213. The molecule has 0 radical (unpaired) electrons. The van der Waals surface area contributed by atoms with Gasteiger partial charge in [0.25, 0.3) is 0 Å². The van der Waals surface area contributed by atoms with E-state index in [0.29, 0.717) is 6.42 Å². The van der Waals surface area contributed by atoms with Crippen LogP contribution in [0, 0.1) is 0 Å². The number of carbonyl (C=O) groups is 1. The molecule has 3 rings (SSSR count). The van der Waals surface area contributed by atoms with Crippen LogP contribution in [0.4, 0.5) is 5.69 Å². The number of anilines is 1. The number of nitrogens with zero attached hydrogens (tertiary/aromatic N) is 2. The topological polar surface area (TPSA) is 80.9 Å². The molecule has 0 unspecified atom stereocenters. The third kappa shape index (κ3) is 4.00. The predicted molar refractivity (Wildman–Crippen MR) is 92.1 cm³/mol. The fraction of sp³-hybridized carbons (Fsp3) is 0.118. The number of aromatic nitrogens is 2. The van der Waals surface area contributed by atoms with E-state index < -0.39 is 6.04 Å². The van der Waals surface area contributed by atoms with Gasteiger partial charge in [-0.3, -0.25) is 9.78 Å². The summed E-state index contributed by atoms with van der Waals surface area (Å²) in [6, 6.07) is 10.9. The lowest BCUT2D eigenvalue weighted by Gasteiger charge is -2.11. The van der Waals surface area contributed by atoms with E-state index in [9.17, 15) is 4.79 Å². The zero-order valence-corrected chi connectivity index (χ0v) is 13.2. The number of hydrogen-bond acceptors (Lipinski definition) is 5. The third-order valence-corrected chi connectivity index (χ3v) is 4.05. The van der Waals surface area contributed by atoms with E-state index in [2.05, 4.69) is 15.3 Å². The highest BCUT2D eigenvalue weighted by Crippen LogP contribution is 2.20. The number of carbonyl (C=O) groups excluding carboxylic acids is 1. The summed E-state index contributed by atoms with van der Waals surface area (Å²) in [6.45, 7) is 0. The van der Waals surface area contributed by atoms with E-state index in [0.717, 1.165) is 22.5 Å². The molecule has 23 heavy (non-hydrogen) atoms. The average molecular weight is 324 g/mol. The van der Waals surface area contributed by atoms with Crippen molar-refractivity contribution in [2.24, 2.45) is 5.73 Å². The number of nitrogens with one attached hydrogen (secondary N) is 1. The van der Waals surface area contributed by atoms with Gasteiger partial charge >= 0.3 is 0 Å². The summed E-state index contributed by atoms with van der Waals surface area (Å²) in [5.41, 5.74) is 11.4. The van der Waals surface area contributed by atoms with Crippen molar-refractivity contribution in [2.45, 2.75) is 12.5 Å². The predicted octanol–water partition coefficient (Wildman–Crippen LogP) is 2.71. The first-order valence-corrected chi connectivity index (χ1v) is 8.10. The van der Waals surface area contributed by atoms with Crippen LogP contribution in [0.5, 0.6) is 0 Å². The van der Waals surface area contributed by atoms with Crippen molar-refractivity contribution >= 4 is 22.9 Å². The number of hydrogen-bond donors (Lipinski definition) is 2. The quantitative estimate of drug-likeness (QED) is 0.756. The van der Waals surface area contributed by atoms with Gasteiger partial charge in [0, 0.05) is 29.9 Å². The number of pyridine rings is 1. The molecule has 0 aliphatic rings. The summed E-state index contributed by atoms with van der Waals surface area (Å²) < 4.78 is 0. The van der Waals surface area contributed by atoms with Crippen molar-refractivity contribution in [3.63, 3.8) is 0 Å². The van der Waals surface area contributed by atoms with Gasteiger partial charge in [-0.05, 0) is 35.4 Å². The van der Waals surface area contributed by atoms with Gasteiger partial charge in [0.15, 0.2) is 0 Å². The Balaban J connectivity index is 1.62. The van der Waals surface area contributed by atoms with Gasteiger partial charge in [0.05, 0.1) is 17.2 Å². The van der Waals surface area contributed by atoms with Gasteiger partial charge in [0.2, 0.25) is 5.91 Å². The van der Waals surface area contributed by atoms with Crippen molar-refractivity contribution in [2.75, 3.05) is 5.32 Å². The van der Waals surface area contributed by atoms with E-state index in [4.69, 9.17) is 5.73 Å². The molecule has 0 bridgehead atoms. The van der Waals surface area contributed by atoms with Crippen LogP contribution < -0.4 is 11.1 Å². The van der Waals surface area contributed by atoms with Gasteiger partial charge < -0.3 is 11.1 Å². The van der Waals surface area contributed by atoms with Crippen LogP contribution >= 0.6 is 11.3 Å². The maximum Gasteiger partial charge on any atom is 0.241 e. The summed E-state index contributed by atoms with van der Waals surface area (Å²) in [5, 5.41) is 4.73. The molecule has 2 aromatic heterocycles. The summed E-state index contributed by atoms with van der Waals surface area (Å²) in [4.78, 5) is 20.3. The molecule has 0 aliphatic carbocycles. The van der Waals surface area contributed by atoms with Crippen LogP contribution in [-0.2, 0) is 11.2 Å². The van der Waals surface area contributed by atoms with Crippen molar-refractivity contribution in [3.8, 4) is 11.1 Å². The van der Waals surface area contributed by atoms with Crippen LogP contribution in [0.3, 0.4) is 0 Å². The molecule has 1 atom stereocenters. The normalized spacial score (nSPS) is 11.9. The average Bonchev–Trinajstić information content (AvgIpc) is 3.09. The molecular weight excluding hydrogens is 308 g/mol. The highest BCUT2D eigenvalue weighted by atomic mass is 32.1. The maximum atomic E-state index is 12.1. The number of amides is 1. The molecule has 1 amide bonds. The van der Waals surface area contributed by atoms with E-state index >= 15 is 0 Å². The summed E-state index contributed by atoms with van der Waals surface area (Å²) in [6.07, 6.45) is 3.94. The first kappa shape index (κ1) is 15.3. The molecule has 0 aliphatic heterocycles. The molecule has 3 aromatic rings. The molecule has 5 nitrogen and oxygen atoms in total. The third-order valence-electron chi connectivity index (χ3n) is 3.42. The smallest absolute Gasteiger partial charge is 0.241 e. The first-order valence-electron chi connectivity index (χ1n) is 7.16. The molecule has 0 fully saturated rings. The van der Waals surface area contributed by atoms with E-state index in [1.807, 2.05) is 41.8 Å². The van der Waals surface area contributed by atoms with Crippen LogP contribution in [0.2, 0.25) is 0 Å². The van der Waals surface area contributed by atoms with Crippen molar-refractivity contribution in [1.82, 2.24) is 9.97 Å². The largest absolute Gasteiger partial charge is 0.325 e. The highest BCUT2D eigenvalue weighted by molar-refractivity contribution is 7.07. The number of thiazole rings is 1. The highest BCUT2D eigenvalue weighted by Gasteiger charge is 2.15. The summed E-state index contributed by atoms with van der Waals surface area (Å²) in [5.74, 6) is -0.213. The fourth-order valence-corrected chi connectivity index (χ4v) is 2.75. The first-order chi connectivity index (χ1) is 11.2. The molecule has 1 aromatic carbocycles. The van der Waals surface area contributed by atoms with Gasteiger partial charge in [0.1, 0.15) is 0 Å². The van der Waals surface area contributed by atoms with Gasteiger partial charge in [-0.15, -0.1) is 11.3 Å². The lowest BCUT2D eigenvalue weighted by molar-refractivity contribution is -0.117. The van der Waals surface area contributed by atoms with Crippen LogP contribution in [-0.4, -0.2) is 21.9 Å². The summed E-state index contributed by atoms with van der Waals surface area (Å²) >= 11 is 1.49. The number of rotatable bonds is 5. The monoisotopic (exact) mass is 324 g/mol. The number of benzene rings is 1. The van der Waals surface area contributed by atoms with E-state index in [1.165, 1.54) is 11.3 Å². The van der Waals surface area contributed by atoms with Gasteiger partial charge in [-0.1, -0.05) is 12.1 Å². The molecular formula is C17H16N4OS. The van der Waals surface area contributed by atoms with Crippen LogP contribution in [0.1, 0.15) is 5.69 Å². The number of nitrogens with two attached hydrogens (primary N) is 1. The lowest BCUT2D eigenvalue weighted by Crippen LogP contribution is -2.37. The Hall–Kier alpha value is -2.57. The molecule has 0 saturated heterocycles. The molecule has 3 N–H and O–H groups in total. The van der Waals surface area contributed by atoms with Gasteiger partial charge in [-0.25, -0.2) is 4.98 Å². The second-order valence-electron chi connectivity index (χ2n) is 5.09. The Bertz CT molecular complexity index is 757. The minimum atomic E-state index is -0.614. The summed E-state index contributed by atoms with van der Waals surface area (Å²) in [7, 11) is 0. The minimum Gasteiger partial charge on any atom is -0.325 e. The zero-order valence-electron chi connectivity index (χ0n) is 12.3. The van der Waals surface area contributed by atoms with E-state index in [-0.39, 0.29) is 5.91 Å². The van der Waals surface area contributed by atoms with Crippen molar-refractivity contribution in [1.29, 1.82) is 0 Å². The maximum absolute atomic E-state index is 12.1. The Morgan fingerprint density at radius 1 is 1.13 bits per heavy atom.